The third-order valence-corrected chi connectivity index (χ3v) is 2.90. The Hall–Kier alpha value is -2.40. The Bertz CT molecular complexity index is 703. The van der Waals surface area contributed by atoms with E-state index in [2.05, 4.69) is 5.32 Å². The summed E-state index contributed by atoms with van der Waals surface area (Å²) in [4.78, 5) is 22.8. The van der Waals surface area contributed by atoms with Crippen molar-refractivity contribution >= 4 is 29.2 Å². The third kappa shape index (κ3) is 4.29. The van der Waals surface area contributed by atoms with Crippen LogP contribution in [0.4, 0.5) is 10.1 Å². The Balaban J connectivity index is 2.11. The molecule has 0 atom stereocenters. The first-order chi connectivity index (χ1) is 9.94. The summed E-state index contributed by atoms with van der Waals surface area (Å²) in [5.41, 5.74) is 0.776. The zero-order valence-corrected chi connectivity index (χ0v) is 11.5. The molecule has 0 heterocycles. The second-order valence-corrected chi connectivity index (χ2v) is 4.83. The second kappa shape index (κ2) is 6.37. The number of rotatable bonds is 4. The Kier molecular flexibility index (Phi) is 4.55. The Labute approximate surface area is 125 Å². The molecular weight excluding hydrogens is 297 g/mol. The van der Waals surface area contributed by atoms with Gasteiger partial charge in [0.1, 0.15) is 5.82 Å². The summed E-state index contributed by atoms with van der Waals surface area (Å²) in [6.45, 7) is 0. The predicted molar refractivity (Wildman–Crippen MR) is 77.1 cm³/mol. The molecule has 0 saturated heterocycles. The van der Waals surface area contributed by atoms with E-state index in [1.165, 1.54) is 36.4 Å². The second-order valence-electron chi connectivity index (χ2n) is 4.39. The zero-order valence-electron chi connectivity index (χ0n) is 10.8. The molecule has 1 amide bonds. The van der Waals surface area contributed by atoms with E-state index < -0.39 is 11.8 Å². The molecule has 2 rings (SSSR count). The number of hydrogen-bond acceptors (Lipinski definition) is 2. The molecule has 21 heavy (non-hydrogen) atoms. The fraction of sp³-hybridized carbons (Fsp3) is 0.0667. The van der Waals surface area contributed by atoms with Crippen LogP contribution < -0.4 is 5.32 Å². The van der Waals surface area contributed by atoms with E-state index in [9.17, 15) is 14.0 Å². The van der Waals surface area contributed by atoms with Gasteiger partial charge in [-0.1, -0.05) is 23.7 Å². The predicted octanol–water partition coefficient (Wildman–Crippen LogP) is 3.36. The number of hydrogen-bond donors (Lipinski definition) is 2. The first kappa shape index (κ1) is 15.0. The lowest BCUT2D eigenvalue weighted by Crippen LogP contribution is -2.15. The van der Waals surface area contributed by atoms with Gasteiger partial charge in [0.15, 0.2) is 0 Å². The average Bonchev–Trinajstić information content (AvgIpc) is 2.37. The fourth-order valence-corrected chi connectivity index (χ4v) is 2.06. The molecule has 0 fully saturated rings. The highest BCUT2D eigenvalue weighted by molar-refractivity contribution is 6.31. The lowest BCUT2D eigenvalue weighted by Gasteiger charge is -2.07. The molecule has 108 valence electrons. The van der Waals surface area contributed by atoms with Crippen molar-refractivity contribution in [2.24, 2.45) is 0 Å². The maximum absolute atomic E-state index is 13.0. The monoisotopic (exact) mass is 307 g/mol. The number of carboxylic acids is 1. The number of carbonyl (C=O) groups excluding carboxylic acids is 1. The van der Waals surface area contributed by atoms with Crippen LogP contribution in [0.1, 0.15) is 15.9 Å². The van der Waals surface area contributed by atoms with Gasteiger partial charge in [-0.05, 0) is 35.9 Å². The maximum Gasteiger partial charge on any atom is 0.335 e. The number of aromatic carboxylic acids is 1. The molecule has 0 saturated carbocycles. The standard InChI is InChI=1S/C15H11ClFNO3/c16-11-6-10(15(20)21)7-13(8-11)18-14(19)5-9-2-1-3-12(17)4-9/h1-4,6-8H,5H2,(H,18,19)(H,20,21). The summed E-state index contributed by atoms with van der Waals surface area (Å²) >= 11 is 5.79. The summed E-state index contributed by atoms with van der Waals surface area (Å²) in [5, 5.41) is 11.7. The van der Waals surface area contributed by atoms with Gasteiger partial charge in [0.25, 0.3) is 0 Å². The third-order valence-electron chi connectivity index (χ3n) is 2.68. The smallest absolute Gasteiger partial charge is 0.335 e. The normalized spacial score (nSPS) is 10.2. The van der Waals surface area contributed by atoms with Crippen LogP contribution in [0.15, 0.2) is 42.5 Å². The Morgan fingerprint density at radius 1 is 1.19 bits per heavy atom. The van der Waals surface area contributed by atoms with Gasteiger partial charge in [0.2, 0.25) is 5.91 Å². The molecule has 0 aliphatic rings. The van der Waals surface area contributed by atoms with E-state index in [1.54, 1.807) is 6.07 Å². The molecule has 0 aromatic heterocycles. The minimum atomic E-state index is -1.14. The van der Waals surface area contributed by atoms with Crippen molar-refractivity contribution in [3.05, 3.63) is 64.4 Å². The molecule has 4 nitrogen and oxygen atoms in total. The molecule has 0 radical (unpaired) electrons. The van der Waals surface area contributed by atoms with Crippen molar-refractivity contribution in [1.29, 1.82) is 0 Å². The van der Waals surface area contributed by atoms with Crippen LogP contribution in [0.2, 0.25) is 5.02 Å². The Morgan fingerprint density at radius 3 is 2.62 bits per heavy atom. The van der Waals surface area contributed by atoms with E-state index in [0.717, 1.165) is 0 Å². The lowest BCUT2D eigenvalue weighted by molar-refractivity contribution is -0.115. The van der Waals surface area contributed by atoms with Gasteiger partial charge >= 0.3 is 5.97 Å². The van der Waals surface area contributed by atoms with Crippen LogP contribution in [0, 0.1) is 5.82 Å². The number of amides is 1. The van der Waals surface area contributed by atoms with Crippen LogP contribution in [0.3, 0.4) is 0 Å². The summed E-state index contributed by atoms with van der Waals surface area (Å²) in [6.07, 6.45) is -0.0212. The SMILES string of the molecule is O=C(Cc1cccc(F)c1)Nc1cc(Cl)cc(C(=O)O)c1. The molecule has 2 N–H and O–H groups in total. The van der Waals surface area contributed by atoms with Crippen LogP contribution in [0.25, 0.3) is 0 Å². The number of anilines is 1. The molecule has 0 spiro atoms. The van der Waals surface area contributed by atoms with Gasteiger partial charge < -0.3 is 10.4 Å². The summed E-state index contributed by atoms with van der Waals surface area (Å²) < 4.78 is 13.0. The quantitative estimate of drug-likeness (QED) is 0.910. The van der Waals surface area contributed by atoms with Crippen LogP contribution >= 0.6 is 11.6 Å². The first-order valence-corrected chi connectivity index (χ1v) is 6.40. The van der Waals surface area contributed by atoms with E-state index >= 15 is 0 Å². The molecule has 0 aliphatic heterocycles. The topological polar surface area (TPSA) is 66.4 Å². The van der Waals surface area contributed by atoms with Crippen molar-refractivity contribution < 1.29 is 19.1 Å². The van der Waals surface area contributed by atoms with Crippen LogP contribution in [-0.2, 0) is 11.2 Å². The highest BCUT2D eigenvalue weighted by atomic mass is 35.5. The largest absolute Gasteiger partial charge is 0.478 e. The van der Waals surface area contributed by atoms with Gasteiger partial charge in [-0.2, -0.15) is 0 Å². The fourth-order valence-electron chi connectivity index (χ4n) is 1.82. The highest BCUT2D eigenvalue weighted by Gasteiger charge is 2.09. The minimum Gasteiger partial charge on any atom is -0.478 e. The number of carbonyl (C=O) groups is 2. The number of carboxylic acid groups (broad SMARTS) is 1. The molecular formula is C15H11ClFNO3. The molecule has 6 heteroatoms. The maximum atomic E-state index is 13.0. The van der Waals surface area contributed by atoms with E-state index in [1.807, 2.05) is 0 Å². The minimum absolute atomic E-state index is 0.0212. The van der Waals surface area contributed by atoms with Crippen molar-refractivity contribution in [2.75, 3.05) is 5.32 Å². The van der Waals surface area contributed by atoms with Crippen molar-refractivity contribution in [3.63, 3.8) is 0 Å². The Morgan fingerprint density at radius 2 is 1.95 bits per heavy atom. The molecule has 2 aromatic rings. The summed E-state index contributed by atoms with van der Waals surface area (Å²) in [7, 11) is 0. The van der Waals surface area contributed by atoms with E-state index in [4.69, 9.17) is 16.7 Å². The van der Waals surface area contributed by atoms with Crippen LogP contribution in [0.5, 0.6) is 0 Å². The zero-order chi connectivity index (χ0) is 15.4. The number of benzene rings is 2. The van der Waals surface area contributed by atoms with Gasteiger partial charge in [-0.3, -0.25) is 4.79 Å². The molecule has 0 unspecified atom stereocenters. The number of nitrogens with one attached hydrogen (secondary N) is 1. The average molecular weight is 308 g/mol. The van der Waals surface area contributed by atoms with Crippen LogP contribution in [-0.4, -0.2) is 17.0 Å². The lowest BCUT2D eigenvalue weighted by atomic mass is 10.1. The summed E-state index contributed by atoms with van der Waals surface area (Å²) in [6, 6.07) is 9.72. The van der Waals surface area contributed by atoms with Gasteiger partial charge in [-0.15, -0.1) is 0 Å². The molecule has 2 aromatic carbocycles. The van der Waals surface area contributed by atoms with E-state index in [0.29, 0.717) is 5.56 Å². The van der Waals surface area contributed by atoms with Gasteiger partial charge in [0, 0.05) is 10.7 Å². The molecule has 0 bridgehead atoms. The van der Waals surface area contributed by atoms with Gasteiger partial charge in [-0.25, -0.2) is 9.18 Å². The van der Waals surface area contributed by atoms with Crippen molar-refractivity contribution in [3.8, 4) is 0 Å². The van der Waals surface area contributed by atoms with Crippen molar-refractivity contribution in [2.45, 2.75) is 6.42 Å². The summed E-state index contributed by atoms with van der Waals surface area (Å²) in [5.74, 6) is -1.95. The van der Waals surface area contributed by atoms with Gasteiger partial charge in [0.05, 0.1) is 12.0 Å². The van der Waals surface area contributed by atoms with E-state index in [-0.39, 0.29) is 28.6 Å². The number of halogens is 2. The first-order valence-electron chi connectivity index (χ1n) is 6.02. The highest BCUT2D eigenvalue weighted by Crippen LogP contribution is 2.19. The molecule has 0 aliphatic carbocycles. The van der Waals surface area contributed by atoms with Crippen molar-refractivity contribution in [1.82, 2.24) is 0 Å².